The lowest BCUT2D eigenvalue weighted by Gasteiger charge is -2.61. The van der Waals surface area contributed by atoms with Crippen molar-refractivity contribution < 1.29 is 9.53 Å². The van der Waals surface area contributed by atoms with Crippen LogP contribution in [0.2, 0.25) is 0 Å². The number of fused-ring (bicyclic) bond motifs is 1. The molecule has 3 unspecified atom stereocenters. The van der Waals surface area contributed by atoms with Gasteiger partial charge in [0.1, 0.15) is 5.54 Å². The molecule has 0 aromatic heterocycles. The highest BCUT2D eigenvalue weighted by atomic mass is 16.5. The van der Waals surface area contributed by atoms with Gasteiger partial charge in [-0.3, -0.25) is 4.79 Å². The first-order valence-corrected chi connectivity index (χ1v) is 7.66. The van der Waals surface area contributed by atoms with Gasteiger partial charge in [-0.15, -0.1) is 0 Å². The predicted octanol–water partition coefficient (Wildman–Crippen LogP) is 1.53. The molecule has 1 saturated heterocycles. The first-order chi connectivity index (χ1) is 8.94. The van der Waals surface area contributed by atoms with Gasteiger partial charge < -0.3 is 15.4 Å². The molecular weight excluding hydrogens is 240 g/mol. The van der Waals surface area contributed by atoms with Gasteiger partial charge in [-0.05, 0) is 25.7 Å². The summed E-state index contributed by atoms with van der Waals surface area (Å²) in [6, 6.07) is 0.449. The molecule has 3 fully saturated rings. The summed E-state index contributed by atoms with van der Waals surface area (Å²) in [5.41, 5.74) is 5.67. The van der Waals surface area contributed by atoms with Crippen molar-refractivity contribution in [2.45, 2.75) is 64.1 Å². The van der Waals surface area contributed by atoms with Gasteiger partial charge in [0.15, 0.2) is 0 Å². The van der Waals surface area contributed by atoms with E-state index >= 15 is 0 Å². The number of ether oxygens (including phenoxy) is 1. The molecular formula is C15H26N2O2. The summed E-state index contributed by atoms with van der Waals surface area (Å²) in [5, 5.41) is 0. The Hall–Kier alpha value is -0.610. The summed E-state index contributed by atoms with van der Waals surface area (Å²) in [6.07, 6.45) is 4.40. The minimum absolute atomic E-state index is 0.170. The van der Waals surface area contributed by atoms with Crippen LogP contribution in [0.3, 0.4) is 0 Å². The molecule has 3 aliphatic rings. The van der Waals surface area contributed by atoms with Crippen molar-refractivity contribution in [2.24, 2.45) is 17.1 Å². The minimum atomic E-state index is -0.716. The second-order valence-electron chi connectivity index (χ2n) is 7.01. The number of carbonyl (C=O) groups is 1. The highest BCUT2D eigenvalue weighted by molar-refractivity contribution is 5.90. The number of hydrogen-bond acceptors (Lipinski definition) is 3. The van der Waals surface area contributed by atoms with Gasteiger partial charge in [0.05, 0.1) is 6.10 Å². The monoisotopic (exact) mass is 266 g/mol. The average Bonchev–Trinajstić information content (AvgIpc) is 3.10. The van der Waals surface area contributed by atoms with Crippen LogP contribution in [0, 0.1) is 11.3 Å². The zero-order valence-electron chi connectivity index (χ0n) is 12.3. The number of nitrogens with two attached hydrogens (primary N) is 1. The fraction of sp³-hybridized carbons (Fsp3) is 0.933. The topological polar surface area (TPSA) is 55.6 Å². The summed E-state index contributed by atoms with van der Waals surface area (Å²) in [6.45, 7) is 7.90. The van der Waals surface area contributed by atoms with Crippen LogP contribution in [-0.2, 0) is 9.53 Å². The Labute approximate surface area is 115 Å². The fourth-order valence-electron chi connectivity index (χ4n) is 4.13. The van der Waals surface area contributed by atoms with Crippen LogP contribution in [0.1, 0.15) is 46.5 Å². The number of hydrogen-bond donors (Lipinski definition) is 1. The largest absolute Gasteiger partial charge is 0.377 e. The summed E-state index contributed by atoms with van der Waals surface area (Å²) in [5.74, 6) is 0.390. The van der Waals surface area contributed by atoms with E-state index in [9.17, 15) is 4.79 Å². The molecule has 2 N–H and O–H groups in total. The van der Waals surface area contributed by atoms with Crippen molar-refractivity contribution in [1.82, 2.24) is 4.90 Å². The summed E-state index contributed by atoms with van der Waals surface area (Å²) >= 11 is 0. The van der Waals surface area contributed by atoms with Crippen LogP contribution < -0.4 is 5.73 Å². The number of carbonyl (C=O) groups excluding carboxylic acids is 1. The van der Waals surface area contributed by atoms with E-state index in [1.807, 2.05) is 0 Å². The lowest BCUT2D eigenvalue weighted by Crippen LogP contribution is -2.80. The van der Waals surface area contributed by atoms with Crippen molar-refractivity contribution in [3.8, 4) is 0 Å². The molecule has 0 aromatic rings. The predicted molar refractivity (Wildman–Crippen MR) is 73.6 cm³/mol. The highest BCUT2D eigenvalue weighted by Crippen LogP contribution is 2.59. The fourth-order valence-corrected chi connectivity index (χ4v) is 4.13. The van der Waals surface area contributed by atoms with Crippen LogP contribution in [-0.4, -0.2) is 41.6 Å². The maximum absolute atomic E-state index is 13.0. The van der Waals surface area contributed by atoms with E-state index in [4.69, 9.17) is 10.5 Å². The Kier molecular flexibility index (Phi) is 2.95. The summed E-state index contributed by atoms with van der Waals surface area (Å²) < 4.78 is 5.78. The van der Waals surface area contributed by atoms with Gasteiger partial charge in [-0.1, -0.05) is 20.8 Å². The SMILES string of the molecule is CCCN(C(=O)C1(N)C2CCOC2C1(C)C)C1CC1. The van der Waals surface area contributed by atoms with E-state index < -0.39 is 5.54 Å². The zero-order chi connectivity index (χ0) is 13.8. The second kappa shape index (κ2) is 4.19. The molecule has 108 valence electrons. The highest BCUT2D eigenvalue weighted by Gasteiger charge is 2.72. The Balaban J connectivity index is 1.85. The van der Waals surface area contributed by atoms with Crippen LogP contribution in [0.5, 0.6) is 0 Å². The molecule has 19 heavy (non-hydrogen) atoms. The van der Waals surface area contributed by atoms with E-state index in [-0.39, 0.29) is 23.3 Å². The molecule has 1 heterocycles. The molecule has 2 aliphatic carbocycles. The normalized spacial score (nSPS) is 39.6. The quantitative estimate of drug-likeness (QED) is 0.839. The molecule has 1 amide bonds. The second-order valence-corrected chi connectivity index (χ2v) is 7.01. The average molecular weight is 266 g/mol. The standard InChI is InChI=1S/C15H26N2O2/c1-4-8-17(10-5-6-10)13(18)15(16)11-7-9-19-12(11)14(15,2)3/h10-12H,4-9,16H2,1-3H3. The number of amides is 1. The van der Waals surface area contributed by atoms with Crippen molar-refractivity contribution in [3.05, 3.63) is 0 Å². The van der Waals surface area contributed by atoms with E-state index in [2.05, 4.69) is 25.7 Å². The number of rotatable bonds is 4. The summed E-state index contributed by atoms with van der Waals surface area (Å²) in [4.78, 5) is 15.1. The van der Waals surface area contributed by atoms with Crippen LogP contribution >= 0.6 is 0 Å². The Morgan fingerprint density at radius 3 is 2.63 bits per heavy atom. The van der Waals surface area contributed by atoms with Crippen LogP contribution in [0.25, 0.3) is 0 Å². The van der Waals surface area contributed by atoms with E-state index in [0.29, 0.717) is 6.04 Å². The molecule has 0 bridgehead atoms. The number of nitrogens with zero attached hydrogens (tertiary/aromatic N) is 1. The van der Waals surface area contributed by atoms with Gasteiger partial charge >= 0.3 is 0 Å². The minimum Gasteiger partial charge on any atom is -0.377 e. The maximum Gasteiger partial charge on any atom is 0.243 e. The smallest absolute Gasteiger partial charge is 0.243 e. The Bertz CT molecular complexity index is 392. The van der Waals surface area contributed by atoms with E-state index in [1.54, 1.807) is 0 Å². The van der Waals surface area contributed by atoms with Crippen molar-refractivity contribution in [2.75, 3.05) is 13.2 Å². The van der Waals surface area contributed by atoms with E-state index in [0.717, 1.165) is 38.8 Å². The third kappa shape index (κ3) is 1.62. The van der Waals surface area contributed by atoms with Crippen molar-refractivity contribution in [3.63, 3.8) is 0 Å². The first kappa shape index (κ1) is 13.4. The Morgan fingerprint density at radius 1 is 1.37 bits per heavy atom. The van der Waals surface area contributed by atoms with Gasteiger partial charge in [-0.2, -0.15) is 0 Å². The zero-order valence-corrected chi connectivity index (χ0v) is 12.3. The molecule has 3 rings (SSSR count). The lowest BCUT2D eigenvalue weighted by molar-refractivity contribution is -0.184. The third-order valence-electron chi connectivity index (χ3n) is 5.52. The molecule has 0 aromatic carbocycles. The molecule has 0 radical (unpaired) electrons. The maximum atomic E-state index is 13.0. The van der Waals surface area contributed by atoms with Gasteiger partial charge in [0, 0.05) is 30.5 Å². The van der Waals surface area contributed by atoms with Gasteiger partial charge in [0.2, 0.25) is 5.91 Å². The molecule has 4 nitrogen and oxygen atoms in total. The van der Waals surface area contributed by atoms with Crippen molar-refractivity contribution >= 4 is 5.91 Å². The van der Waals surface area contributed by atoms with Crippen LogP contribution in [0.4, 0.5) is 0 Å². The van der Waals surface area contributed by atoms with Crippen LogP contribution in [0.15, 0.2) is 0 Å². The lowest BCUT2D eigenvalue weighted by atomic mass is 9.47. The molecule has 3 atom stereocenters. The Morgan fingerprint density at radius 2 is 2.05 bits per heavy atom. The summed E-state index contributed by atoms with van der Waals surface area (Å²) in [7, 11) is 0. The third-order valence-corrected chi connectivity index (χ3v) is 5.52. The van der Waals surface area contributed by atoms with Crippen molar-refractivity contribution in [1.29, 1.82) is 0 Å². The van der Waals surface area contributed by atoms with Gasteiger partial charge in [0.25, 0.3) is 0 Å². The molecule has 2 saturated carbocycles. The van der Waals surface area contributed by atoms with Gasteiger partial charge in [-0.25, -0.2) is 0 Å². The first-order valence-electron chi connectivity index (χ1n) is 7.66. The molecule has 0 spiro atoms. The molecule has 4 heteroatoms. The van der Waals surface area contributed by atoms with E-state index in [1.165, 1.54) is 0 Å². The molecule has 1 aliphatic heterocycles.